The first-order valence-corrected chi connectivity index (χ1v) is 4.08. The van der Waals surface area contributed by atoms with Crippen LogP contribution in [0.4, 0.5) is 0 Å². The van der Waals surface area contributed by atoms with Crippen LogP contribution >= 0.6 is 0 Å². The molecule has 0 spiro atoms. The van der Waals surface area contributed by atoms with Crippen molar-refractivity contribution in [2.75, 3.05) is 6.54 Å². The molecule has 1 atom stereocenters. The first-order valence-electron chi connectivity index (χ1n) is 4.08. The third-order valence-electron chi connectivity index (χ3n) is 2.13. The van der Waals surface area contributed by atoms with E-state index in [0.29, 0.717) is 6.54 Å². The number of nitrogens with one attached hydrogen (secondary N) is 1. The molecule has 0 bridgehead atoms. The molecular formula is C8H16N2O. The summed E-state index contributed by atoms with van der Waals surface area (Å²) in [5.74, 6) is 0.162. The first kappa shape index (κ1) is 8.53. The van der Waals surface area contributed by atoms with Crippen molar-refractivity contribution in [2.24, 2.45) is 11.1 Å². The SMILES string of the molecule is CC(N)CNC(=O)C1(C)CC1. The molecule has 1 fully saturated rings. The average molecular weight is 156 g/mol. The maximum atomic E-state index is 11.3. The minimum atomic E-state index is -0.0606. The third kappa shape index (κ3) is 2.19. The molecule has 1 saturated carbocycles. The van der Waals surface area contributed by atoms with E-state index in [1.807, 2.05) is 13.8 Å². The lowest BCUT2D eigenvalue weighted by molar-refractivity contribution is -0.125. The molecule has 11 heavy (non-hydrogen) atoms. The molecule has 0 aliphatic heterocycles. The Morgan fingerprint density at radius 2 is 2.27 bits per heavy atom. The van der Waals surface area contributed by atoms with Crippen LogP contribution in [0.1, 0.15) is 26.7 Å². The predicted molar refractivity (Wildman–Crippen MR) is 44.0 cm³/mol. The second-order valence-electron chi connectivity index (χ2n) is 3.75. The monoisotopic (exact) mass is 156 g/mol. The van der Waals surface area contributed by atoms with E-state index in [1.165, 1.54) is 0 Å². The van der Waals surface area contributed by atoms with Gasteiger partial charge < -0.3 is 11.1 Å². The maximum absolute atomic E-state index is 11.3. The summed E-state index contributed by atoms with van der Waals surface area (Å²) in [6.07, 6.45) is 2.05. The Labute approximate surface area is 67.3 Å². The fraction of sp³-hybridized carbons (Fsp3) is 0.875. The second-order valence-corrected chi connectivity index (χ2v) is 3.75. The predicted octanol–water partition coefficient (Wildman–Crippen LogP) is 0.250. The summed E-state index contributed by atoms with van der Waals surface area (Å²) in [7, 11) is 0. The van der Waals surface area contributed by atoms with E-state index < -0.39 is 0 Å². The van der Waals surface area contributed by atoms with Gasteiger partial charge in [0.1, 0.15) is 0 Å². The molecule has 3 N–H and O–H groups in total. The number of carbonyl (C=O) groups is 1. The molecule has 0 heterocycles. The smallest absolute Gasteiger partial charge is 0.225 e. The van der Waals surface area contributed by atoms with Gasteiger partial charge in [-0.15, -0.1) is 0 Å². The van der Waals surface area contributed by atoms with Crippen molar-refractivity contribution in [3.8, 4) is 0 Å². The molecular weight excluding hydrogens is 140 g/mol. The molecule has 0 aromatic carbocycles. The van der Waals surface area contributed by atoms with Crippen LogP contribution in [0.15, 0.2) is 0 Å². The normalized spacial score (nSPS) is 22.5. The van der Waals surface area contributed by atoms with E-state index >= 15 is 0 Å². The van der Waals surface area contributed by atoms with Gasteiger partial charge in [-0.2, -0.15) is 0 Å². The molecule has 3 nitrogen and oxygen atoms in total. The summed E-state index contributed by atoms with van der Waals surface area (Å²) < 4.78 is 0. The highest BCUT2D eigenvalue weighted by Crippen LogP contribution is 2.44. The van der Waals surface area contributed by atoms with Gasteiger partial charge in [-0.05, 0) is 19.8 Å². The fourth-order valence-corrected chi connectivity index (χ4v) is 0.882. The summed E-state index contributed by atoms with van der Waals surface area (Å²) in [5.41, 5.74) is 5.43. The van der Waals surface area contributed by atoms with Crippen molar-refractivity contribution in [3.05, 3.63) is 0 Å². The van der Waals surface area contributed by atoms with Gasteiger partial charge >= 0.3 is 0 Å². The zero-order valence-corrected chi connectivity index (χ0v) is 7.18. The Bertz CT molecular complexity index is 161. The summed E-state index contributed by atoms with van der Waals surface area (Å²) in [4.78, 5) is 11.3. The van der Waals surface area contributed by atoms with E-state index in [9.17, 15) is 4.79 Å². The van der Waals surface area contributed by atoms with E-state index in [0.717, 1.165) is 12.8 Å². The summed E-state index contributed by atoms with van der Waals surface area (Å²) in [6.45, 7) is 4.47. The van der Waals surface area contributed by atoms with E-state index in [-0.39, 0.29) is 17.4 Å². The molecule has 1 unspecified atom stereocenters. The number of nitrogens with two attached hydrogens (primary N) is 1. The molecule has 0 radical (unpaired) electrons. The van der Waals surface area contributed by atoms with E-state index in [1.54, 1.807) is 0 Å². The van der Waals surface area contributed by atoms with Crippen molar-refractivity contribution in [1.29, 1.82) is 0 Å². The zero-order chi connectivity index (χ0) is 8.48. The van der Waals surface area contributed by atoms with Crippen LogP contribution in [0.2, 0.25) is 0 Å². The molecule has 1 aliphatic carbocycles. The van der Waals surface area contributed by atoms with Gasteiger partial charge in [-0.1, -0.05) is 6.92 Å². The molecule has 0 saturated heterocycles. The molecule has 1 rings (SSSR count). The van der Waals surface area contributed by atoms with Crippen molar-refractivity contribution >= 4 is 5.91 Å². The highest BCUT2D eigenvalue weighted by molar-refractivity contribution is 5.84. The summed E-state index contributed by atoms with van der Waals surface area (Å²) in [6, 6.07) is 0.0568. The largest absolute Gasteiger partial charge is 0.354 e. The minimum absolute atomic E-state index is 0.0568. The lowest BCUT2D eigenvalue weighted by atomic mass is 10.1. The Morgan fingerprint density at radius 3 is 2.64 bits per heavy atom. The van der Waals surface area contributed by atoms with Gasteiger partial charge in [-0.3, -0.25) is 4.79 Å². The highest BCUT2D eigenvalue weighted by atomic mass is 16.2. The van der Waals surface area contributed by atoms with E-state index in [4.69, 9.17) is 5.73 Å². The molecule has 3 heteroatoms. The number of hydrogen-bond donors (Lipinski definition) is 2. The molecule has 1 amide bonds. The van der Waals surface area contributed by atoms with Crippen LogP contribution in [-0.2, 0) is 4.79 Å². The number of amides is 1. The van der Waals surface area contributed by atoms with Crippen molar-refractivity contribution in [3.63, 3.8) is 0 Å². The Hall–Kier alpha value is -0.570. The zero-order valence-electron chi connectivity index (χ0n) is 7.18. The van der Waals surface area contributed by atoms with Crippen molar-refractivity contribution in [1.82, 2.24) is 5.32 Å². The van der Waals surface area contributed by atoms with Crippen LogP contribution in [-0.4, -0.2) is 18.5 Å². The summed E-state index contributed by atoms with van der Waals surface area (Å²) in [5, 5.41) is 2.82. The van der Waals surface area contributed by atoms with Crippen LogP contribution in [0.25, 0.3) is 0 Å². The van der Waals surface area contributed by atoms with Crippen molar-refractivity contribution in [2.45, 2.75) is 32.7 Å². The average Bonchev–Trinajstić information content (AvgIpc) is 2.64. The lowest BCUT2D eigenvalue weighted by Crippen LogP contribution is -2.38. The molecule has 0 aromatic heterocycles. The fourth-order valence-electron chi connectivity index (χ4n) is 0.882. The number of hydrogen-bond acceptors (Lipinski definition) is 2. The van der Waals surface area contributed by atoms with Gasteiger partial charge in [-0.25, -0.2) is 0 Å². The quantitative estimate of drug-likeness (QED) is 0.615. The van der Waals surface area contributed by atoms with Crippen LogP contribution in [0.5, 0.6) is 0 Å². The lowest BCUT2D eigenvalue weighted by Gasteiger charge is -2.11. The number of rotatable bonds is 3. The number of carbonyl (C=O) groups excluding carboxylic acids is 1. The van der Waals surface area contributed by atoms with Gasteiger partial charge in [0.05, 0.1) is 0 Å². The van der Waals surface area contributed by atoms with Gasteiger partial charge in [0.25, 0.3) is 0 Å². The third-order valence-corrected chi connectivity index (χ3v) is 2.13. The van der Waals surface area contributed by atoms with E-state index in [2.05, 4.69) is 5.32 Å². The van der Waals surface area contributed by atoms with Crippen LogP contribution < -0.4 is 11.1 Å². The van der Waals surface area contributed by atoms with Gasteiger partial charge in [0.2, 0.25) is 5.91 Å². The van der Waals surface area contributed by atoms with Crippen molar-refractivity contribution < 1.29 is 4.79 Å². The Kier molecular flexibility index (Phi) is 2.18. The Morgan fingerprint density at radius 1 is 1.73 bits per heavy atom. The van der Waals surface area contributed by atoms with Gasteiger partial charge in [0, 0.05) is 18.0 Å². The van der Waals surface area contributed by atoms with Crippen LogP contribution in [0, 0.1) is 5.41 Å². The minimum Gasteiger partial charge on any atom is -0.354 e. The first-order chi connectivity index (χ1) is 5.04. The molecule has 0 aromatic rings. The molecule has 1 aliphatic rings. The van der Waals surface area contributed by atoms with Gasteiger partial charge in [0.15, 0.2) is 0 Å². The molecule has 64 valence electrons. The standard InChI is InChI=1S/C8H16N2O/c1-6(9)5-10-7(11)8(2)3-4-8/h6H,3-5,9H2,1-2H3,(H,10,11). The highest BCUT2D eigenvalue weighted by Gasteiger charge is 2.44. The summed E-state index contributed by atoms with van der Waals surface area (Å²) >= 11 is 0. The second kappa shape index (κ2) is 2.81. The van der Waals surface area contributed by atoms with Crippen LogP contribution in [0.3, 0.4) is 0 Å². The topological polar surface area (TPSA) is 55.1 Å². The maximum Gasteiger partial charge on any atom is 0.225 e. The Balaban J connectivity index is 2.22.